The van der Waals surface area contributed by atoms with Crippen molar-refractivity contribution in [3.05, 3.63) is 34.6 Å². The van der Waals surface area contributed by atoms with E-state index in [1.807, 2.05) is 13.8 Å². The van der Waals surface area contributed by atoms with E-state index < -0.39 is 23.7 Å². The van der Waals surface area contributed by atoms with E-state index in [-0.39, 0.29) is 22.9 Å². The van der Waals surface area contributed by atoms with Crippen molar-refractivity contribution >= 4 is 23.5 Å². The summed E-state index contributed by atoms with van der Waals surface area (Å²) in [4.78, 5) is 22.6. The zero-order valence-electron chi connectivity index (χ0n) is 10.6. The Balaban J connectivity index is 2.81. The summed E-state index contributed by atoms with van der Waals surface area (Å²) in [5, 5.41) is 11.2. The Morgan fingerprint density at radius 1 is 1.42 bits per heavy atom. The highest BCUT2D eigenvalue weighted by Gasteiger charge is 2.20. The summed E-state index contributed by atoms with van der Waals surface area (Å²) in [6, 6.07) is 3.12. The number of aliphatic carboxylic acids is 1. The molecule has 0 saturated carbocycles. The predicted molar refractivity (Wildman–Crippen MR) is 69.8 cm³/mol. The Morgan fingerprint density at radius 3 is 2.53 bits per heavy atom. The van der Waals surface area contributed by atoms with Gasteiger partial charge in [-0.05, 0) is 24.1 Å². The maximum Gasteiger partial charge on any atom is 0.305 e. The molecule has 4 nitrogen and oxygen atoms in total. The number of halogens is 2. The van der Waals surface area contributed by atoms with E-state index in [1.54, 1.807) is 0 Å². The SMILES string of the molecule is CC(C)C(CC(=O)O)NC(=O)c1ccc(F)c(Cl)c1. The fourth-order valence-electron chi connectivity index (χ4n) is 1.53. The second-order valence-corrected chi connectivity index (χ2v) is 4.96. The quantitative estimate of drug-likeness (QED) is 0.875. The molecule has 0 fully saturated rings. The third-order valence-corrected chi connectivity index (χ3v) is 2.99. The molecule has 1 amide bonds. The van der Waals surface area contributed by atoms with Crippen molar-refractivity contribution in [1.82, 2.24) is 5.32 Å². The molecule has 0 aliphatic carbocycles. The molecule has 0 spiro atoms. The molecule has 0 bridgehead atoms. The second-order valence-electron chi connectivity index (χ2n) is 4.55. The van der Waals surface area contributed by atoms with Crippen molar-refractivity contribution in [2.24, 2.45) is 5.92 Å². The molecule has 0 aliphatic rings. The molecule has 1 unspecified atom stereocenters. The summed E-state index contributed by atoms with van der Waals surface area (Å²) in [7, 11) is 0. The lowest BCUT2D eigenvalue weighted by atomic mass is 10.0. The highest BCUT2D eigenvalue weighted by Crippen LogP contribution is 2.16. The van der Waals surface area contributed by atoms with Gasteiger partial charge in [0.15, 0.2) is 0 Å². The smallest absolute Gasteiger partial charge is 0.305 e. The van der Waals surface area contributed by atoms with Crippen LogP contribution in [0.25, 0.3) is 0 Å². The number of nitrogens with one attached hydrogen (secondary N) is 1. The summed E-state index contributed by atoms with van der Waals surface area (Å²) < 4.78 is 13.0. The summed E-state index contributed by atoms with van der Waals surface area (Å²) >= 11 is 5.59. The standard InChI is InChI=1S/C13H15ClFNO3/c1-7(2)11(6-12(17)18)16-13(19)8-3-4-10(15)9(14)5-8/h3-5,7,11H,6H2,1-2H3,(H,16,19)(H,17,18). The first-order valence-electron chi connectivity index (χ1n) is 5.79. The van der Waals surface area contributed by atoms with Crippen LogP contribution >= 0.6 is 11.6 Å². The van der Waals surface area contributed by atoms with E-state index in [9.17, 15) is 14.0 Å². The summed E-state index contributed by atoms with van der Waals surface area (Å²) in [5.74, 6) is -2.10. The minimum atomic E-state index is -0.990. The molecule has 1 rings (SSSR count). The van der Waals surface area contributed by atoms with Gasteiger partial charge in [-0.25, -0.2) is 4.39 Å². The average molecular weight is 288 g/mol. The molecule has 0 radical (unpaired) electrons. The average Bonchev–Trinajstić information content (AvgIpc) is 2.31. The van der Waals surface area contributed by atoms with Gasteiger partial charge in [0.25, 0.3) is 5.91 Å². The van der Waals surface area contributed by atoms with Gasteiger partial charge in [0.2, 0.25) is 0 Å². The van der Waals surface area contributed by atoms with Gasteiger partial charge in [0, 0.05) is 11.6 Å². The van der Waals surface area contributed by atoms with E-state index in [1.165, 1.54) is 12.1 Å². The molecule has 2 N–H and O–H groups in total. The normalized spacial score (nSPS) is 12.3. The number of carboxylic acid groups (broad SMARTS) is 1. The molecular weight excluding hydrogens is 273 g/mol. The lowest BCUT2D eigenvalue weighted by Gasteiger charge is -2.20. The van der Waals surface area contributed by atoms with E-state index in [0.29, 0.717) is 0 Å². The van der Waals surface area contributed by atoms with Gasteiger partial charge in [0.05, 0.1) is 11.4 Å². The van der Waals surface area contributed by atoms with Gasteiger partial charge < -0.3 is 10.4 Å². The number of benzene rings is 1. The van der Waals surface area contributed by atoms with Crippen LogP contribution in [0.15, 0.2) is 18.2 Å². The summed E-state index contributed by atoms with van der Waals surface area (Å²) in [6.45, 7) is 3.62. The fraction of sp³-hybridized carbons (Fsp3) is 0.385. The third-order valence-electron chi connectivity index (χ3n) is 2.70. The molecule has 0 aliphatic heterocycles. The number of carboxylic acids is 1. The van der Waals surface area contributed by atoms with Crippen molar-refractivity contribution in [3.8, 4) is 0 Å². The van der Waals surface area contributed by atoms with Crippen LogP contribution in [0, 0.1) is 11.7 Å². The Labute approximate surface area is 115 Å². The minimum Gasteiger partial charge on any atom is -0.481 e. The maximum atomic E-state index is 13.0. The van der Waals surface area contributed by atoms with Crippen molar-refractivity contribution in [2.45, 2.75) is 26.3 Å². The van der Waals surface area contributed by atoms with Gasteiger partial charge in [-0.3, -0.25) is 9.59 Å². The first kappa shape index (κ1) is 15.4. The van der Waals surface area contributed by atoms with Crippen LogP contribution in [0.5, 0.6) is 0 Å². The van der Waals surface area contributed by atoms with E-state index in [4.69, 9.17) is 16.7 Å². The van der Waals surface area contributed by atoms with Crippen LogP contribution in [0.3, 0.4) is 0 Å². The predicted octanol–water partition coefficient (Wildman–Crippen LogP) is 2.71. The molecule has 0 saturated heterocycles. The number of hydrogen-bond acceptors (Lipinski definition) is 2. The fourth-order valence-corrected chi connectivity index (χ4v) is 1.71. The van der Waals surface area contributed by atoms with Crippen LogP contribution < -0.4 is 5.32 Å². The molecule has 1 aromatic rings. The van der Waals surface area contributed by atoms with Gasteiger partial charge in [-0.1, -0.05) is 25.4 Å². The third kappa shape index (κ3) is 4.52. The van der Waals surface area contributed by atoms with Gasteiger partial charge >= 0.3 is 5.97 Å². The second kappa shape index (κ2) is 6.52. The number of amides is 1. The number of hydrogen-bond donors (Lipinski definition) is 2. The zero-order valence-corrected chi connectivity index (χ0v) is 11.4. The van der Waals surface area contributed by atoms with Crippen molar-refractivity contribution < 1.29 is 19.1 Å². The van der Waals surface area contributed by atoms with E-state index >= 15 is 0 Å². The number of carbonyl (C=O) groups is 2. The molecule has 1 aromatic carbocycles. The Morgan fingerprint density at radius 2 is 2.05 bits per heavy atom. The van der Waals surface area contributed by atoms with Crippen LogP contribution in [0.1, 0.15) is 30.6 Å². The molecule has 19 heavy (non-hydrogen) atoms. The Kier molecular flexibility index (Phi) is 5.30. The first-order chi connectivity index (χ1) is 8.81. The monoisotopic (exact) mass is 287 g/mol. The van der Waals surface area contributed by atoms with Crippen LogP contribution in [0.4, 0.5) is 4.39 Å². The zero-order chi connectivity index (χ0) is 14.6. The van der Waals surface area contributed by atoms with Crippen molar-refractivity contribution in [2.75, 3.05) is 0 Å². The van der Waals surface area contributed by atoms with Gasteiger partial charge in [-0.15, -0.1) is 0 Å². The first-order valence-corrected chi connectivity index (χ1v) is 6.16. The number of carbonyl (C=O) groups excluding carboxylic acids is 1. The molecule has 0 heterocycles. The molecular formula is C13H15ClFNO3. The van der Waals surface area contributed by atoms with Crippen molar-refractivity contribution in [3.63, 3.8) is 0 Å². The highest BCUT2D eigenvalue weighted by molar-refractivity contribution is 6.31. The molecule has 6 heteroatoms. The van der Waals surface area contributed by atoms with Gasteiger partial charge in [0.1, 0.15) is 5.82 Å². The van der Waals surface area contributed by atoms with E-state index in [2.05, 4.69) is 5.32 Å². The lowest BCUT2D eigenvalue weighted by Crippen LogP contribution is -2.40. The number of rotatable bonds is 5. The van der Waals surface area contributed by atoms with Crippen LogP contribution in [0.2, 0.25) is 5.02 Å². The molecule has 1 atom stereocenters. The molecule has 104 valence electrons. The highest BCUT2D eigenvalue weighted by atomic mass is 35.5. The molecule has 0 aromatic heterocycles. The van der Waals surface area contributed by atoms with Gasteiger partial charge in [-0.2, -0.15) is 0 Å². The largest absolute Gasteiger partial charge is 0.481 e. The topological polar surface area (TPSA) is 66.4 Å². The Hall–Kier alpha value is -1.62. The maximum absolute atomic E-state index is 13.0. The van der Waals surface area contributed by atoms with Crippen LogP contribution in [-0.2, 0) is 4.79 Å². The van der Waals surface area contributed by atoms with Crippen molar-refractivity contribution in [1.29, 1.82) is 0 Å². The summed E-state index contributed by atoms with van der Waals surface area (Å²) in [5.41, 5.74) is 0.197. The lowest BCUT2D eigenvalue weighted by molar-refractivity contribution is -0.137. The minimum absolute atomic E-state index is 0.0315. The summed E-state index contributed by atoms with van der Waals surface area (Å²) in [6.07, 6.45) is -0.168. The van der Waals surface area contributed by atoms with Crippen LogP contribution in [-0.4, -0.2) is 23.0 Å². The van der Waals surface area contributed by atoms with E-state index in [0.717, 1.165) is 6.07 Å². The Bertz CT molecular complexity index is 491.